The maximum atomic E-state index is 11.0. The van der Waals surface area contributed by atoms with Crippen molar-refractivity contribution in [2.24, 2.45) is 5.73 Å². The average Bonchev–Trinajstić information content (AvgIpc) is 2.24. The normalized spacial score (nSPS) is 29.5. The van der Waals surface area contributed by atoms with Crippen molar-refractivity contribution in [3.63, 3.8) is 0 Å². The number of carboxylic acid groups (broad SMARTS) is 1. The lowest BCUT2D eigenvalue weighted by molar-refractivity contribution is -0.146. The molecule has 3 nitrogen and oxygen atoms in total. The van der Waals surface area contributed by atoms with Gasteiger partial charge < -0.3 is 10.8 Å². The largest absolute Gasteiger partial charge is 0.480 e. The van der Waals surface area contributed by atoms with Crippen LogP contribution in [0.3, 0.4) is 0 Å². The van der Waals surface area contributed by atoms with Crippen LogP contribution in [-0.4, -0.2) is 21.9 Å². The van der Waals surface area contributed by atoms with Crippen LogP contribution in [0.4, 0.5) is 0 Å². The van der Waals surface area contributed by atoms with Gasteiger partial charge in [0.15, 0.2) is 0 Å². The fraction of sp³-hybridized carbons (Fsp3) is 0.364. The van der Waals surface area contributed by atoms with Gasteiger partial charge in [0.25, 0.3) is 0 Å². The Bertz CT molecular complexity index is 368. The Morgan fingerprint density at radius 2 is 2.13 bits per heavy atom. The standard InChI is InChI=1S/C11H13NO2S/c12-11(10(13)14)7-6-9(11)15-8-4-2-1-3-5-8/h1-5,9H,6-7,12H2,(H,13,14)/t9-,11-/m0/s1. The van der Waals surface area contributed by atoms with Crippen LogP contribution in [0, 0.1) is 0 Å². The van der Waals surface area contributed by atoms with Crippen molar-refractivity contribution in [1.29, 1.82) is 0 Å². The number of carboxylic acids is 1. The summed E-state index contributed by atoms with van der Waals surface area (Å²) in [5.41, 5.74) is 4.79. The fourth-order valence-corrected chi connectivity index (χ4v) is 2.95. The highest BCUT2D eigenvalue weighted by Crippen LogP contribution is 2.42. The Kier molecular flexibility index (Phi) is 2.71. The average molecular weight is 223 g/mol. The predicted octanol–water partition coefficient (Wildman–Crippen LogP) is 1.72. The quantitative estimate of drug-likeness (QED) is 0.819. The molecule has 1 aromatic carbocycles. The van der Waals surface area contributed by atoms with Gasteiger partial charge in [0.2, 0.25) is 0 Å². The van der Waals surface area contributed by atoms with Gasteiger partial charge in [-0.15, -0.1) is 11.8 Å². The van der Waals surface area contributed by atoms with Crippen molar-refractivity contribution >= 4 is 17.7 Å². The van der Waals surface area contributed by atoms with Crippen LogP contribution in [-0.2, 0) is 4.79 Å². The Morgan fingerprint density at radius 3 is 2.60 bits per heavy atom. The molecule has 15 heavy (non-hydrogen) atoms. The smallest absolute Gasteiger partial charge is 0.324 e. The van der Waals surface area contributed by atoms with Gasteiger partial charge in [0, 0.05) is 10.1 Å². The van der Waals surface area contributed by atoms with Crippen LogP contribution in [0.15, 0.2) is 35.2 Å². The molecule has 4 heteroatoms. The maximum absolute atomic E-state index is 11.0. The molecule has 0 heterocycles. The lowest BCUT2D eigenvalue weighted by Gasteiger charge is -2.42. The molecule has 0 spiro atoms. The van der Waals surface area contributed by atoms with Crippen LogP contribution >= 0.6 is 11.8 Å². The summed E-state index contributed by atoms with van der Waals surface area (Å²) in [5.74, 6) is -0.887. The molecule has 1 fully saturated rings. The number of aliphatic carboxylic acids is 1. The molecular formula is C11H13NO2S. The lowest BCUT2D eigenvalue weighted by Crippen LogP contribution is -2.62. The highest BCUT2D eigenvalue weighted by Gasteiger charge is 2.50. The highest BCUT2D eigenvalue weighted by atomic mass is 32.2. The van der Waals surface area contributed by atoms with Crippen LogP contribution in [0.5, 0.6) is 0 Å². The van der Waals surface area contributed by atoms with Crippen molar-refractivity contribution in [3.05, 3.63) is 30.3 Å². The minimum atomic E-state index is -1.03. The van der Waals surface area contributed by atoms with Crippen molar-refractivity contribution in [1.82, 2.24) is 0 Å². The van der Waals surface area contributed by atoms with E-state index in [1.165, 1.54) is 0 Å². The zero-order valence-corrected chi connectivity index (χ0v) is 9.04. The van der Waals surface area contributed by atoms with E-state index in [1.807, 2.05) is 30.3 Å². The molecule has 80 valence electrons. The van der Waals surface area contributed by atoms with Gasteiger partial charge in [-0.1, -0.05) is 18.2 Å². The van der Waals surface area contributed by atoms with E-state index in [0.717, 1.165) is 11.3 Å². The summed E-state index contributed by atoms with van der Waals surface area (Å²) in [5, 5.41) is 9.00. The van der Waals surface area contributed by atoms with Crippen LogP contribution in [0.2, 0.25) is 0 Å². The number of hydrogen-bond acceptors (Lipinski definition) is 3. The molecular weight excluding hydrogens is 210 g/mol. The molecule has 0 aromatic heterocycles. The zero-order valence-electron chi connectivity index (χ0n) is 8.22. The molecule has 1 aliphatic rings. The minimum Gasteiger partial charge on any atom is -0.480 e. The number of carbonyl (C=O) groups is 1. The van der Waals surface area contributed by atoms with Gasteiger partial charge in [-0.2, -0.15) is 0 Å². The first-order valence-electron chi connectivity index (χ1n) is 4.87. The summed E-state index contributed by atoms with van der Waals surface area (Å²) < 4.78 is 0. The lowest BCUT2D eigenvalue weighted by atomic mass is 9.77. The molecule has 2 atom stereocenters. The van der Waals surface area contributed by atoms with E-state index in [0.29, 0.717) is 6.42 Å². The number of hydrogen-bond donors (Lipinski definition) is 2. The molecule has 0 amide bonds. The molecule has 0 saturated heterocycles. The van der Waals surface area contributed by atoms with Crippen molar-refractivity contribution < 1.29 is 9.90 Å². The molecule has 0 bridgehead atoms. The Labute approximate surface area is 92.7 Å². The second-order valence-corrected chi connectivity index (χ2v) is 5.08. The molecule has 0 aliphatic heterocycles. The summed E-state index contributed by atoms with van der Waals surface area (Å²) >= 11 is 1.56. The first kappa shape index (κ1) is 10.5. The first-order valence-corrected chi connectivity index (χ1v) is 5.75. The van der Waals surface area contributed by atoms with E-state index in [-0.39, 0.29) is 5.25 Å². The predicted molar refractivity (Wildman–Crippen MR) is 59.9 cm³/mol. The van der Waals surface area contributed by atoms with Crippen molar-refractivity contribution in [3.8, 4) is 0 Å². The van der Waals surface area contributed by atoms with E-state index >= 15 is 0 Å². The summed E-state index contributed by atoms with van der Waals surface area (Å²) in [7, 11) is 0. The molecule has 1 saturated carbocycles. The number of thioether (sulfide) groups is 1. The van der Waals surface area contributed by atoms with Gasteiger partial charge in [-0.05, 0) is 25.0 Å². The minimum absolute atomic E-state index is 0.00241. The van der Waals surface area contributed by atoms with Crippen LogP contribution < -0.4 is 5.73 Å². The molecule has 3 N–H and O–H groups in total. The maximum Gasteiger partial charge on any atom is 0.324 e. The number of nitrogens with two attached hydrogens (primary N) is 1. The third kappa shape index (κ3) is 1.87. The number of rotatable bonds is 3. The third-order valence-electron chi connectivity index (χ3n) is 2.81. The Morgan fingerprint density at radius 1 is 1.47 bits per heavy atom. The van der Waals surface area contributed by atoms with E-state index in [9.17, 15) is 4.79 Å². The Balaban J connectivity index is 2.06. The summed E-state index contributed by atoms with van der Waals surface area (Å²) in [4.78, 5) is 12.0. The molecule has 1 aromatic rings. The molecule has 1 aliphatic carbocycles. The molecule has 2 rings (SSSR count). The molecule has 0 unspecified atom stereocenters. The van der Waals surface area contributed by atoms with E-state index in [1.54, 1.807) is 11.8 Å². The summed E-state index contributed by atoms with van der Waals surface area (Å²) in [6, 6.07) is 9.79. The third-order valence-corrected chi connectivity index (χ3v) is 4.30. The van der Waals surface area contributed by atoms with Gasteiger partial charge in [-0.25, -0.2) is 0 Å². The zero-order chi connectivity index (χ0) is 10.9. The van der Waals surface area contributed by atoms with Gasteiger partial charge in [-0.3, -0.25) is 4.79 Å². The fourth-order valence-electron chi connectivity index (χ4n) is 1.65. The van der Waals surface area contributed by atoms with E-state index in [2.05, 4.69) is 0 Å². The van der Waals surface area contributed by atoms with Gasteiger partial charge in [0.05, 0.1) is 0 Å². The second kappa shape index (κ2) is 3.87. The van der Waals surface area contributed by atoms with E-state index in [4.69, 9.17) is 10.8 Å². The van der Waals surface area contributed by atoms with Gasteiger partial charge in [0.1, 0.15) is 5.54 Å². The van der Waals surface area contributed by atoms with E-state index < -0.39 is 11.5 Å². The van der Waals surface area contributed by atoms with Gasteiger partial charge >= 0.3 is 5.97 Å². The second-order valence-electron chi connectivity index (χ2n) is 3.80. The Hall–Kier alpha value is -1.00. The summed E-state index contributed by atoms with van der Waals surface area (Å²) in [6.45, 7) is 0. The van der Waals surface area contributed by atoms with Crippen molar-refractivity contribution in [2.45, 2.75) is 28.5 Å². The highest BCUT2D eigenvalue weighted by molar-refractivity contribution is 8.00. The summed E-state index contributed by atoms with van der Waals surface area (Å²) in [6.07, 6.45) is 1.45. The van der Waals surface area contributed by atoms with Crippen molar-refractivity contribution in [2.75, 3.05) is 0 Å². The monoisotopic (exact) mass is 223 g/mol. The van der Waals surface area contributed by atoms with Crippen LogP contribution in [0.1, 0.15) is 12.8 Å². The first-order chi connectivity index (χ1) is 7.13. The SMILES string of the molecule is N[C@@]1(C(=O)O)CC[C@@H]1Sc1ccccc1. The van der Waals surface area contributed by atoms with Crippen LogP contribution in [0.25, 0.3) is 0 Å². The molecule has 0 radical (unpaired) electrons. The topological polar surface area (TPSA) is 63.3 Å². The number of benzene rings is 1.